The van der Waals surface area contributed by atoms with Crippen molar-refractivity contribution in [3.05, 3.63) is 85.1 Å². The molecule has 1 unspecified atom stereocenters. The van der Waals surface area contributed by atoms with Crippen LogP contribution in [0, 0.1) is 0 Å². The van der Waals surface area contributed by atoms with Crippen molar-refractivity contribution in [2.75, 3.05) is 13.2 Å². The topological polar surface area (TPSA) is 78.9 Å². The number of hydrogen-bond donors (Lipinski definition) is 0. The minimum Gasteiger partial charge on any atom is -0.462 e. The minimum atomic E-state index is -0.793. The average Bonchev–Trinajstić information content (AvgIpc) is 3.41. The zero-order chi connectivity index (χ0) is 54.3. The van der Waals surface area contributed by atoms with E-state index in [-0.39, 0.29) is 31.1 Å². The summed E-state index contributed by atoms with van der Waals surface area (Å²) in [6.45, 7) is 6.49. The molecule has 0 aliphatic carbocycles. The predicted octanol–water partition coefficient (Wildman–Crippen LogP) is 21.9. The quantitative estimate of drug-likeness (QED) is 0.0261. The fourth-order valence-corrected chi connectivity index (χ4v) is 9.05. The summed E-state index contributed by atoms with van der Waals surface area (Å²) >= 11 is 0. The third-order valence-corrected chi connectivity index (χ3v) is 13.9. The molecular weight excluding hydrogens is 925 g/mol. The van der Waals surface area contributed by atoms with E-state index in [1.54, 1.807) is 0 Å². The standard InChI is InChI=1S/C69H120O6/c1-4-7-10-13-16-19-22-25-27-29-30-31-32-33-34-35-36-37-38-40-41-44-47-50-53-56-59-62-68(71)74-65-66(64-73-67(70)61-58-55-52-49-46-43-24-21-18-15-12-9-6-3)75-69(72)63-60-57-54-51-48-45-42-39-28-26-23-20-17-14-11-8-5-2/h9,12,17-18,20-22,25-26,28-30,43,46,66H,4-8,10-11,13-16,19,23-24,27,31-42,44-45,47-65H2,1-3H3/b12-9-,20-17-,21-18-,25-22-,28-26-,30-29-,46-43-. The van der Waals surface area contributed by atoms with E-state index in [0.29, 0.717) is 19.3 Å². The molecule has 0 amide bonds. The van der Waals surface area contributed by atoms with Crippen LogP contribution in [0.5, 0.6) is 0 Å². The SMILES string of the molecule is CC/C=C\C/C=C\C/C=C\CCCCCC(=O)OCC(COC(=O)CCCCCCCCCCCCCCCCC/C=C\C/C=C\CCCCCCC)OC(=O)CCCCCCCCC/C=C\C/C=C\CCCCC. The lowest BCUT2D eigenvalue weighted by Gasteiger charge is -2.18. The van der Waals surface area contributed by atoms with E-state index in [2.05, 4.69) is 106 Å². The Hall–Kier alpha value is -3.41. The van der Waals surface area contributed by atoms with E-state index < -0.39 is 6.10 Å². The lowest BCUT2D eigenvalue weighted by atomic mass is 10.0. The first-order valence-electron chi connectivity index (χ1n) is 32.1. The molecule has 0 aliphatic rings. The second kappa shape index (κ2) is 63.1. The summed E-state index contributed by atoms with van der Waals surface area (Å²) in [4.78, 5) is 38.3. The molecule has 1 atom stereocenters. The molecule has 0 fully saturated rings. The van der Waals surface area contributed by atoms with E-state index in [0.717, 1.165) is 103 Å². The maximum absolute atomic E-state index is 12.9. The molecule has 0 aromatic heterocycles. The van der Waals surface area contributed by atoms with Crippen molar-refractivity contribution in [3.8, 4) is 0 Å². The van der Waals surface area contributed by atoms with Crippen LogP contribution in [0.1, 0.15) is 316 Å². The van der Waals surface area contributed by atoms with E-state index in [9.17, 15) is 14.4 Å². The van der Waals surface area contributed by atoms with Gasteiger partial charge in [0.15, 0.2) is 6.10 Å². The van der Waals surface area contributed by atoms with Crippen LogP contribution in [-0.2, 0) is 28.6 Å². The monoisotopic (exact) mass is 1040 g/mol. The molecule has 432 valence electrons. The predicted molar refractivity (Wildman–Crippen MR) is 325 cm³/mol. The first-order chi connectivity index (χ1) is 37.0. The van der Waals surface area contributed by atoms with Crippen LogP contribution in [0.3, 0.4) is 0 Å². The Morgan fingerprint density at radius 3 is 0.853 bits per heavy atom. The number of rotatable bonds is 58. The van der Waals surface area contributed by atoms with E-state index in [1.165, 1.54) is 173 Å². The fraction of sp³-hybridized carbons (Fsp3) is 0.754. The maximum atomic E-state index is 12.9. The molecule has 0 heterocycles. The fourth-order valence-electron chi connectivity index (χ4n) is 9.05. The third kappa shape index (κ3) is 61.3. The smallest absolute Gasteiger partial charge is 0.306 e. The Bertz CT molecular complexity index is 1430. The number of carbonyl (C=O) groups excluding carboxylic acids is 3. The van der Waals surface area contributed by atoms with Crippen molar-refractivity contribution < 1.29 is 28.6 Å². The van der Waals surface area contributed by atoms with Crippen molar-refractivity contribution in [2.45, 2.75) is 322 Å². The van der Waals surface area contributed by atoms with Crippen LogP contribution in [0.2, 0.25) is 0 Å². The molecule has 0 N–H and O–H groups in total. The summed E-state index contributed by atoms with van der Waals surface area (Å²) in [6.07, 6.45) is 83.1. The number of unbranched alkanes of at least 4 members (excludes halogenated alkanes) is 33. The Morgan fingerprint density at radius 2 is 0.520 bits per heavy atom. The van der Waals surface area contributed by atoms with Gasteiger partial charge in [0.05, 0.1) is 0 Å². The van der Waals surface area contributed by atoms with Gasteiger partial charge < -0.3 is 14.2 Å². The van der Waals surface area contributed by atoms with Gasteiger partial charge in [-0.05, 0) is 116 Å². The Kier molecular flexibility index (Phi) is 60.3. The lowest BCUT2D eigenvalue weighted by Crippen LogP contribution is -2.30. The van der Waals surface area contributed by atoms with Crippen molar-refractivity contribution in [1.29, 1.82) is 0 Å². The van der Waals surface area contributed by atoms with Crippen molar-refractivity contribution >= 4 is 17.9 Å². The Morgan fingerprint density at radius 1 is 0.280 bits per heavy atom. The molecule has 0 rings (SSSR count). The lowest BCUT2D eigenvalue weighted by molar-refractivity contribution is -0.167. The van der Waals surface area contributed by atoms with Crippen LogP contribution in [-0.4, -0.2) is 37.2 Å². The summed E-state index contributed by atoms with van der Waals surface area (Å²) in [5.74, 6) is -0.916. The highest BCUT2D eigenvalue weighted by atomic mass is 16.6. The summed E-state index contributed by atoms with van der Waals surface area (Å²) in [5, 5.41) is 0. The van der Waals surface area contributed by atoms with Crippen molar-refractivity contribution in [2.24, 2.45) is 0 Å². The van der Waals surface area contributed by atoms with Crippen LogP contribution < -0.4 is 0 Å². The number of ether oxygens (including phenoxy) is 3. The summed E-state index contributed by atoms with van der Waals surface area (Å²) < 4.78 is 16.9. The van der Waals surface area contributed by atoms with Gasteiger partial charge in [0.1, 0.15) is 13.2 Å². The van der Waals surface area contributed by atoms with Crippen LogP contribution in [0.15, 0.2) is 85.1 Å². The molecule has 0 aromatic carbocycles. The molecule has 0 radical (unpaired) electrons. The first-order valence-corrected chi connectivity index (χ1v) is 32.1. The number of carbonyl (C=O) groups is 3. The second-order valence-corrected chi connectivity index (χ2v) is 21.3. The third-order valence-electron chi connectivity index (χ3n) is 13.9. The Labute approximate surface area is 465 Å². The van der Waals surface area contributed by atoms with Gasteiger partial charge in [0.2, 0.25) is 0 Å². The highest BCUT2D eigenvalue weighted by Crippen LogP contribution is 2.16. The highest BCUT2D eigenvalue weighted by Gasteiger charge is 2.19. The van der Waals surface area contributed by atoms with Gasteiger partial charge in [-0.1, -0.05) is 266 Å². The highest BCUT2D eigenvalue weighted by molar-refractivity contribution is 5.71. The molecule has 0 spiro atoms. The molecule has 0 saturated carbocycles. The van der Waals surface area contributed by atoms with E-state index in [4.69, 9.17) is 14.2 Å². The van der Waals surface area contributed by atoms with Gasteiger partial charge in [0, 0.05) is 19.3 Å². The van der Waals surface area contributed by atoms with Gasteiger partial charge in [-0.2, -0.15) is 0 Å². The zero-order valence-electron chi connectivity index (χ0n) is 49.6. The second-order valence-electron chi connectivity index (χ2n) is 21.3. The van der Waals surface area contributed by atoms with Crippen LogP contribution in [0.25, 0.3) is 0 Å². The minimum absolute atomic E-state index is 0.0879. The molecule has 0 bridgehead atoms. The van der Waals surface area contributed by atoms with Gasteiger partial charge in [0.25, 0.3) is 0 Å². The average molecular weight is 1050 g/mol. The van der Waals surface area contributed by atoms with E-state index >= 15 is 0 Å². The number of hydrogen-bond acceptors (Lipinski definition) is 6. The van der Waals surface area contributed by atoms with Gasteiger partial charge in [-0.3, -0.25) is 14.4 Å². The summed E-state index contributed by atoms with van der Waals surface area (Å²) in [5.41, 5.74) is 0. The van der Waals surface area contributed by atoms with E-state index in [1.807, 2.05) is 0 Å². The molecule has 75 heavy (non-hydrogen) atoms. The van der Waals surface area contributed by atoms with Crippen LogP contribution in [0.4, 0.5) is 0 Å². The molecule has 0 aliphatic heterocycles. The largest absolute Gasteiger partial charge is 0.462 e. The van der Waals surface area contributed by atoms with Crippen LogP contribution >= 0.6 is 0 Å². The summed E-state index contributed by atoms with van der Waals surface area (Å²) in [6, 6.07) is 0. The molecule has 6 heteroatoms. The number of esters is 3. The summed E-state index contributed by atoms with van der Waals surface area (Å²) in [7, 11) is 0. The Balaban J connectivity index is 4.27. The normalized spacial score (nSPS) is 12.6. The van der Waals surface area contributed by atoms with Gasteiger partial charge >= 0.3 is 17.9 Å². The molecule has 0 aromatic rings. The van der Waals surface area contributed by atoms with Gasteiger partial charge in [-0.15, -0.1) is 0 Å². The molecule has 6 nitrogen and oxygen atoms in total. The van der Waals surface area contributed by atoms with Crippen molar-refractivity contribution in [3.63, 3.8) is 0 Å². The maximum Gasteiger partial charge on any atom is 0.306 e. The molecular formula is C69H120O6. The zero-order valence-corrected chi connectivity index (χ0v) is 49.6. The molecule has 0 saturated heterocycles. The number of allylic oxidation sites excluding steroid dienone is 14. The van der Waals surface area contributed by atoms with Crippen molar-refractivity contribution in [1.82, 2.24) is 0 Å². The first kappa shape index (κ1) is 71.6. The van der Waals surface area contributed by atoms with Gasteiger partial charge in [-0.25, -0.2) is 0 Å².